The maximum absolute atomic E-state index is 11.6. The zero-order valence-corrected chi connectivity index (χ0v) is 10.2. The van der Waals surface area contributed by atoms with Gasteiger partial charge in [0.15, 0.2) is 0 Å². The van der Waals surface area contributed by atoms with Crippen LogP contribution in [0.2, 0.25) is 0 Å². The van der Waals surface area contributed by atoms with Crippen molar-refractivity contribution in [3.63, 3.8) is 0 Å². The van der Waals surface area contributed by atoms with Crippen LogP contribution >= 0.6 is 0 Å². The lowest BCUT2D eigenvalue weighted by Gasteiger charge is -2.22. The van der Waals surface area contributed by atoms with Crippen LogP contribution in [0.1, 0.15) is 39.0 Å². The zero-order chi connectivity index (χ0) is 11.8. The van der Waals surface area contributed by atoms with Gasteiger partial charge in [-0.2, -0.15) is 0 Å². The number of hydrogen-bond donors (Lipinski definition) is 3. The fraction of sp³-hybridized carbons (Fsp3) is 0.917. The van der Waals surface area contributed by atoms with Gasteiger partial charge in [0.25, 0.3) is 0 Å². The number of amides is 1. The highest BCUT2D eigenvalue weighted by atomic mass is 16.3. The molecule has 1 aliphatic heterocycles. The summed E-state index contributed by atoms with van der Waals surface area (Å²) in [7, 11) is 0. The Labute approximate surface area is 97.8 Å². The molecule has 16 heavy (non-hydrogen) atoms. The molecule has 1 fully saturated rings. The molecule has 1 saturated heterocycles. The van der Waals surface area contributed by atoms with Crippen LogP contribution in [0.25, 0.3) is 0 Å². The number of rotatable bonds is 6. The topological polar surface area (TPSA) is 61.4 Å². The molecule has 1 atom stereocenters. The molecular weight excluding hydrogens is 204 g/mol. The summed E-state index contributed by atoms with van der Waals surface area (Å²) in [6.45, 7) is 4.48. The molecule has 94 valence electrons. The maximum Gasteiger partial charge on any atom is 0.220 e. The highest BCUT2D eigenvalue weighted by Crippen LogP contribution is 2.15. The Bertz CT molecular complexity index is 203. The van der Waals surface area contributed by atoms with Gasteiger partial charge in [-0.25, -0.2) is 0 Å². The molecule has 1 unspecified atom stereocenters. The molecule has 1 heterocycles. The fourth-order valence-corrected chi connectivity index (χ4v) is 2.09. The van der Waals surface area contributed by atoms with Crippen molar-refractivity contribution < 1.29 is 9.90 Å². The van der Waals surface area contributed by atoms with Gasteiger partial charge in [-0.15, -0.1) is 0 Å². The molecule has 0 aromatic carbocycles. The van der Waals surface area contributed by atoms with Gasteiger partial charge in [-0.1, -0.05) is 13.3 Å². The van der Waals surface area contributed by atoms with Crippen LogP contribution < -0.4 is 10.6 Å². The lowest BCUT2D eigenvalue weighted by molar-refractivity contribution is -0.122. The first kappa shape index (κ1) is 13.5. The number of nitrogens with one attached hydrogen (secondary N) is 2. The van der Waals surface area contributed by atoms with E-state index in [4.69, 9.17) is 0 Å². The van der Waals surface area contributed by atoms with Crippen molar-refractivity contribution in [2.24, 2.45) is 5.92 Å². The molecule has 4 nitrogen and oxygen atoms in total. The van der Waals surface area contributed by atoms with Crippen LogP contribution in [0.4, 0.5) is 0 Å². The highest BCUT2D eigenvalue weighted by Gasteiger charge is 2.16. The van der Waals surface area contributed by atoms with Gasteiger partial charge in [-0.3, -0.25) is 4.79 Å². The predicted octanol–water partition coefficient (Wildman–Crippen LogP) is 0.653. The zero-order valence-electron chi connectivity index (χ0n) is 10.2. The van der Waals surface area contributed by atoms with E-state index in [2.05, 4.69) is 10.6 Å². The van der Waals surface area contributed by atoms with Crippen LogP contribution in [0.3, 0.4) is 0 Å². The van der Waals surface area contributed by atoms with E-state index in [1.165, 1.54) is 0 Å². The first-order chi connectivity index (χ1) is 7.72. The normalized spacial score (nSPS) is 19.4. The van der Waals surface area contributed by atoms with E-state index in [0.717, 1.165) is 38.8 Å². The van der Waals surface area contributed by atoms with Crippen LogP contribution in [-0.2, 0) is 4.79 Å². The molecule has 1 amide bonds. The molecule has 0 bridgehead atoms. The Morgan fingerprint density at radius 2 is 2.19 bits per heavy atom. The summed E-state index contributed by atoms with van der Waals surface area (Å²) >= 11 is 0. The Morgan fingerprint density at radius 1 is 1.50 bits per heavy atom. The third-order valence-corrected chi connectivity index (χ3v) is 3.09. The molecule has 3 N–H and O–H groups in total. The standard InChI is InChI=1S/C12H24N2O2/c1-2-3-11(15)9-14-12(16)8-10-4-6-13-7-5-10/h10-11,13,15H,2-9H2,1H3,(H,14,16). The number of carbonyl (C=O) groups is 1. The molecule has 1 aliphatic rings. The lowest BCUT2D eigenvalue weighted by atomic mass is 9.94. The van der Waals surface area contributed by atoms with Crippen LogP contribution in [0, 0.1) is 5.92 Å². The van der Waals surface area contributed by atoms with Crippen molar-refractivity contribution in [3.05, 3.63) is 0 Å². The van der Waals surface area contributed by atoms with Crippen molar-refractivity contribution in [3.8, 4) is 0 Å². The third kappa shape index (κ3) is 5.47. The minimum Gasteiger partial charge on any atom is -0.391 e. The fourth-order valence-electron chi connectivity index (χ4n) is 2.09. The van der Waals surface area contributed by atoms with Gasteiger partial charge in [-0.05, 0) is 38.3 Å². The molecular formula is C12H24N2O2. The second-order valence-corrected chi connectivity index (χ2v) is 4.64. The first-order valence-electron chi connectivity index (χ1n) is 6.37. The van der Waals surface area contributed by atoms with Crippen molar-refractivity contribution in [2.45, 2.75) is 45.1 Å². The average Bonchev–Trinajstić information content (AvgIpc) is 2.28. The predicted molar refractivity (Wildman–Crippen MR) is 64.1 cm³/mol. The second-order valence-electron chi connectivity index (χ2n) is 4.64. The minimum absolute atomic E-state index is 0.0852. The molecule has 1 rings (SSSR count). The summed E-state index contributed by atoms with van der Waals surface area (Å²) in [5.41, 5.74) is 0. The van der Waals surface area contributed by atoms with Gasteiger partial charge in [0.1, 0.15) is 0 Å². The van der Waals surface area contributed by atoms with Crippen LogP contribution in [0.5, 0.6) is 0 Å². The van der Waals surface area contributed by atoms with Gasteiger partial charge in [0, 0.05) is 13.0 Å². The van der Waals surface area contributed by atoms with Gasteiger partial charge >= 0.3 is 0 Å². The van der Waals surface area contributed by atoms with Crippen molar-refractivity contribution in [1.29, 1.82) is 0 Å². The molecule has 0 aromatic rings. The largest absolute Gasteiger partial charge is 0.391 e. The Morgan fingerprint density at radius 3 is 2.81 bits per heavy atom. The maximum atomic E-state index is 11.6. The van der Waals surface area contributed by atoms with Crippen molar-refractivity contribution in [1.82, 2.24) is 10.6 Å². The number of piperidine rings is 1. The molecule has 4 heteroatoms. The smallest absolute Gasteiger partial charge is 0.220 e. The molecule has 0 radical (unpaired) electrons. The average molecular weight is 228 g/mol. The molecule has 0 aromatic heterocycles. The van der Waals surface area contributed by atoms with E-state index in [0.29, 0.717) is 18.9 Å². The quantitative estimate of drug-likeness (QED) is 0.625. The monoisotopic (exact) mass is 228 g/mol. The van der Waals surface area contributed by atoms with Gasteiger partial charge < -0.3 is 15.7 Å². The summed E-state index contributed by atoms with van der Waals surface area (Å²) in [5, 5.41) is 15.6. The summed E-state index contributed by atoms with van der Waals surface area (Å²) in [6.07, 6.45) is 4.11. The van der Waals surface area contributed by atoms with Gasteiger partial charge in [0.2, 0.25) is 5.91 Å². The number of carbonyl (C=O) groups excluding carboxylic acids is 1. The SMILES string of the molecule is CCCC(O)CNC(=O)CC1CCNCC1. The summed E-state index contributed by atoms with van der Waals surface area (Å²) in [5.74, 6) is 0.603. The minimum atomic E-state index is -0.387. The van der Waals surface area contributed by atoms with E-state index in [1.54, 1.807) is 0 Å². The Hall–Kier alpha value is -0.610. The summed E-state index contributed by atoms with van der Waals surface area (Å²) in [4.78, 5) is 11.6. The summed E-state index contributed by atoms with van der Waals surface area (Å²) in [6, 6.07) is 0. The van der Waals surface area contributed by atoms with E-state index in [9.17, 15) is 9.90 Å². The van der Waals surface area contributed by atoms with E-state index in [-0.39, 0.29) is 12.0 Å². The highest BCUT2D eigenvalue weighted by molar-refractivity contribution is 5.76. The van der Waals surface area contributed by atoms with Crippen molar-refractivity contribution in [2.75, 3.05) is 19.6 Å². The molecule has 0 saturated carbocycles. The number of aliphatic hydroxyl groups is 1. The van der Waals surface area contributed by atoms with E-state index >= 15 is 0 Å². The number of aliphatic hydroxyl groups excluding tert-OH is 1. The van der Waals surface area contributed by atoms with Crippen molar-refractivity contribution >= 4 is 5.91 Å². The number of hydrogen-bond acceptors (Lipinski definition) is 3. The summed E-state index contributed by atoms with van der Waals surface area (Å²) < 4.78 is 0. The van der Waals surface area contributed by atoms with Gasteiger partial charge in [0.05, 0.1) is 6.10 Å². The molecule has 0 aliphatic carbocycles. The molecule has 0 spiro atoms. The second kappa shape index (κ2) is 7.63. The third-order valence-electron chi connectivity index (χ3n) is 3.09. The van der Waals surface area contributed by atoms with Crippen LogP contribution in [0.15, 0.2) is 0 Å². The Kier molecular flexibility index (Phi) is 6.42. The van der Waals surface area contributed by atoms with E-state index in [1.807, 2.05) is 6.92 Å². The lowest BCUT2D eigenvalue weighted by Crippen LogP contribution is -2.35. The van der Waals surface area contributed by atoms with E-state index < -0.39 is 0 Å². The van der Waals surface area contributed by atoms with Crippen LogP contribution in [-0.4, -0.2) is 36.8 Å². The Balaban J connectivity index is 2.10. The first-order valence-corrected chi connectivity index (χ1v) is 6.37.